The molecule has 25 heavy (non-hydrogen) atoms. The van der Waals surface area contributed by atoms with Crippen molar-refractivity contribution in [2.75, 3.05) is 36.5 Å². The Morgan fingerprint density at radius 1 is 1.32 bits per heavy atom. The van der Waals surface area contributed by atoms with Gasteiger partial charge in [0.2, 0.25) is 0 Å². The van der Waals surface area contributed by atoms with Crippen molar-refractivity contribution in [3.8, 4) is 0 Å². The smallest absolute Gasteiger partial charge is 0.339 e. The molecule has 3 rings (SSSR count). The van der Waals surface area contributed by atoms with E-state index in [-0.39, 0.29) is 11.3 Å². The summed E-state index contributed by atoms with van der Waals surface area (Å²) in [5.41, 5.74) is 0.454. The van der Waals surface area contributed by atoms with Gasteiger partial charge in [-0.1, -0.05) is 0 Å². The van der Waals surface area contributed by atoms with E-state index in [1.165, 1.54) is 29.9 Å². The number of aromatic nitrogens is 2. The first kappa shape index (κ1) is 16.9. The van der Waals surface area contributed by atoms with Crippen molar-refractivity contribution in [3.63, 3.8) is 0 Å². The molecule has 0 atom stereocenters. The summed E-state index contributed by atoms with van der Waals surface area (Å²) in [4.78, 5) is 25.5. The summed E-state index contributed by atoms with van der Waals surface area (Å²) in [7, 11) is 1.48. The second-order valence-electron chi connectivity index (χ2n) is 5.56. The quantitative estimate of drug-likeness (QED) is 0.866. The number of benzene rings is 1. The van der Waals surface area contributed by atoms with Crippen LogP contribution in [-0.4, -0.2) is 53.1 Å². The van der Waals surface area contributed by atoms with E-state index in [1.54, 1.807) is 0 Å². The molecule has 0 radical (unpaired) electrons. The van der Waals surface area contributed by atoms with Gasteiger partial charge in [0.25, 0.3) is 5.91 Å². The Labute approximate surface area is 142 Å². The van der Waals surface area contributed by atoms with Crippen LogP contribution >= 0.6 is 0 Å². The molecule has 0 bridgehead atoms. The third-order valence-corrected chi connectivity index (χ3v) is 3.94. The number of anilines is 2. The third-order valence-electron chi connectivity index (χ3n) is 3.94. The Bertz CT molecular complexity index is 814. The molecular weight excluding hydrogens is 331 g/mol. The minimum atomic E-state index is -1.24. The van der Waals surface area contributed by atoms with Crippen LogP contribution in [-0.2, 0) is 11.8 Å². The maximum absolute atomic E-state index is 14.1. The van der Waals surface area contributed by atoms with E-state index in [0.717, 1.165) is 6.20 Å². The summed E-state index contributed by atoms with van der Waals surface area (Å²) in [5, 5.41) is 15.5. The van der Waals surface area contributed by atoms with E-state index < -0.39 is 17.7 Å². The zero-order valence-corrected chi connectivity index (χ0v) is 13.5. The number of aromatic carboxylic acids is 1. The molecule has 1 fully saturated rings. The maximum atomic E-state index is 14.1. The zero-order chi connectivity index (χ0) is 18.0. The van der Waals surface area contributed by atoms with Gasteiger partial charge in [0.05, 0.1) is 25.1 Å². The first-order valence-corrected chi connectivity index (χ1v) is 7.66. The molecule has 1 aromatic carbocycles. The van der Waals surface area contributed by atoms with Crippen LogP contribution in [0.25, 0.3) is 0 Å². The van der Waals surface area contributed by atoms with Crippen molar-refractivity contribution in [1.29, 1.82) is 0 Å². The number of amides is 1. The first-order chi connectivity index (χ1) is 12.0. The molecule has 0 saturated carbocycles. The largest absolute Gasteiger partial charge is 0.478 e. The minimum Gasteiger partial charge on any atom is -0.478 e. The maximum Gasteiger partial charge on any atom is 0.339 e. The van der Waals surface area contributed by atoms with Gasteiger partial charge in [-0.15, -0.1) is 0 Å². The van der Waals surface area contributed by atoms with E-state index in [9.17, 15) is 14.0 Å². The second-order valence-corrected chi connectivity index (χ2v) is 5.56. The number of aryl methyl sites for hydroxylation is 1. The summed E-state index contributed by atoms with van der Waals surface area (Å²) >= 11 is 0. The van der Waals surface area contributed by atoms with Gasteiger partial charge in [-0.2, -0.15) is 5.10 Å². The summed E-state index contributed by atoms with van der Waals surface area (Å²) in [6.45, 7) is 2.12. The van der Waals surface area contributed by atoms with Gasteiger partial charge >= 0.3 is 5.97 Å². The standard InChI is InChI=1S/C16H17FN4O4/c1-20-14(11(9-18-20)16(23)24)15(22)19-10-2-3-12(17)13(8-10)21-4-6-25-7-5-21/h2-3,8-9H,4-7H2,1H3,(H,19,22)(H,23,24). The summed E-state index contributed by atoms with van der Waals surface area (Å²) in [5.74, 6) is -2.27. The van der Waals surface area contributed by atoms with Crippen molar-refractivity contribution in [1.82, 2.24) is 9.78 Å². The lowest BCUT2D eigenvalue weighted by Crippen LogP contribution is -2.36. The number of carbonyl (C=O) groups is 2. The fourth-order valence-electron chi connectivity index (χ4n) is 2.69. The number of nitrogens with zero attached hydrogens (tertiary/aromatic N) is 3. The predicted molar refractivity (Wildman–Crippen MR) is 87.6 cm³/mol. The van der Waals surface area contributed by atoms with Crippen LogP contribution in [0.1, 0.15) is 20.8 Å². The van der Waals surface area contributed by atoms with Gasteiger partial charge < -0.3 is 20.1 Å². The number of carboxylic acids is 1. The highest BCUT2D eigenvalue weighted by Gasteiger charge is 2.22. The Morgan fingerprint density at radius 3 is 2.72 bits per heavy atom. The lowest BCUT2D eigenvalue weighted by Gasteiger charge is -2.29. The number of carbonyl (C=O) groups excluding carboxylic acids is 1. The third kappa shape index (κ3) is 3.45. The molecule has 0 unspecified atom stereocenters. The molecule has 132 valence electrons. The molecule has 2 N–H and O–H groups in total. The van der Waals surface area contributed by atoms with E-state index >= 15 is 0 Å². The highest BCUT2D eigenvalue weighted by molar-refractivity contribution is 6.09. The SMILES string of the molecule is Cn1ncc(C(=O)O)c1C(=O)Nc1ccc(F)c(N2CCOCC2)c1. The van der Waals surface area contributed by atoms with Gasteiger partial charge in [-0.05, 0) is 18.2 Å². The van der Waals surface area contributed by atoms with Gasteiger partial charge in [0.1, 0.15) is 17.1 Å². The molecule has 9 heteroatoms. The highest BCUT2D eigenvalue weighted by atomic mass is 19.1. The Kier molecular flexibility index (Phi) is 4.66. The van der Waals surface area contributed by atoms with Gasteiger partial charge in [0, 0.05) is 25.8 Å². The molecule has 2 heterocycles. The van der Waals surface area contributed by atoms with Gasteiger partial charge in [-0.25, -0.2) is 9.18 Å². The molecule has 8 nitrogen and oxygen atoms in total. The topological polar surface area (TPSA) is 96.7 Å². The molecule has 0 spiro atoms. The van der Waals surface area contributed by atoms with Gasteiger partial charge in [0.15, 0.2) is 0 Å². The molecule has 1 saturated heterocycles. The fraction of sp³-hybridized carbons (Fsp3) is 0.312. The van der Waals surface area contributed by atoms with E-state index in [4.69, 9.17) is 9.84 Å². The van der Waals surface area contributed by atoms with Gasteiger partial charge in [-0.3, -0.25) is 9.48 Å². The Balaban J connectivity index is 1.85. The van der Waals surface area contributed by atoms with Crippen molar-refractivity contribution in [2.24, 2.45) is 7.05 Å². The first-order valence-electron chi connectivity index (χ1n) is 7.66. The lowest BCUT2D eigenvalue weighted by molar-refractivity contribution is 0.0692. The van der Waals surface area contributed by atoms with Crippen LogP contribution in [0.5, 0.6) is 0 Å². The Hall–Kier alpha value is -2.94. The number of rotatable bonds is 4. The highest BCUT2D eigenvalue weighted by Crippen LogP contribution is 2.25. The van der Waals surface area contributed by atoms with Crippen LogP contribution in [0.3, 0.4) is 0 Å². The summed E-state index contributed by atoms with van der Waals surface area (Å²) in [6, 6.07) is 4.21. The average Bonchev–Trinajstić information content (AvgIpc) is 2.99. The average molecular weight is 348 g/mol. The van der Waals surface area contributed by atoms with Crippen LogP contribution in [0.4, 0.5) is 15.8 Å². The van der Waals surface area contributed by atoms with Crippen LogP contribution in [0, 0.1) is 5.82 Å². The van der Waals surface area contributed by atoms with Crippen molar-refractivity contribution in [2.45, 2.75) is 0 Å². The normalized spacial score (nSPS) is 14.4. The zero-order valence-electron chi connectivity index (χ0n) is 13.5. The molecule has 1 aliphatic rings. The van der Waals surface area contributed by atoms with E-state index in [1.807, 2.05) is 4.90 Å². The lowest BCUT2D eigenvalue weighted by atomic mass is 10.2. The van der Waals surface area contributed by atoms with Crippen LogP contribution in [0.2, 0.25) is 0 Å². The van der Waals surface area contributed by atoms with Crippen LogP contribution < -0.4 is 10.2 Å². The summed E-state index contributed by atoms with van der Waals surface area (Å²) < 4.78 is 20.6. The molecule has 2 aromatic rings. The Morgan fingerprint density at radius 2 is 2.04 bits per heavy atom. The summed E-state index contributed by atoms with van der Waals surface area (Å²) in [6.07, 6.45) is 1.11. The number of hydrogen-bond acceptors (Lipinski definition) is 5. The second kappa shape index (κ2) is 6.89. The van der Waals surface area contributed by atoms with Crippen molar-refractivity contribution >= 4 is 23.3 Å². The predicted octanol–water partition coefficient (Wildman–Crippen LogP) is 1.35. The van der Waals surface area contributed by atoms with Crippen molar-refractivity contribution < 1.29 is 23.8 Å². The monoisotopic (exact) mass is 348 g/mol. The van der Waals surface area contributed by atoms with E-state index in [2.05, 4.69) is 10.4 Å². The number of carboxylic acid groups (broad SMARTS) is 1. The molecule has 0 aliphatic carbocycles. The number of morpholine rings is 1. The minimum absolute atomic E-state index is 0.0789. The van der Waals surface area contributed by atoms with E-state index in [0.29, 0.717) is 37.7 Å². The fourth-order valence-corrected chi connectivity index (χ4v) is 2.69. The molecule has 1 aliphatic heterocycles. The number of hydrogen-bond donors (Lipinski definition) is 2. The molecule has 1 amide bonds. The number of ether oxygens (including phenoxy) is 1. The number of nitrogens with one attached hydrogen (secondary N) is 1. The molecule has 1 aromatic heterocycles. The van der Waals surface area contributed by atoms with Crippen molar-refractivity contribution in [3.05, 3.63) is 41.5 Å². The molecular formula is C16H17FN4O4. The number of halogens is 1. The van der Waals surface area contributed by atoms with Crippen LogP contribution in [0.15, 0.2) is 24.4 Å².